The maximum absolute atomic E-state index is 13.5. The molecule has 182 valence electrons. The quantitative estimate of drug-likeness (QED) is 0.530. The van der Waals surface area contributed by atoms with Crippen molar-refractivity contribution in [1.29, 1.82) is 10.5 Å². The number of fused-ring (bicyclic) bond motifs is 1. The lowest BCUT2D eigenvalue weighted by molar-refractivity contribution is -0.137. The van der Waals surface area contributed by atoms with E-state index in [0.29, 0.717) is 16.8 Å². The number of carbonyl (C=O) groups is 1. The standard InChI is InChI=1S/C25H20F3N7O/c1-14(2)22(36)31-23-32-24-34(19-6-4-5-18(11-19)25(26,27)28)15(3)20(13-30)21(35(24)33-23)17-9-7-16(12-29)8-10-17/h4-11,14,21H,1-3H3,(H,31,33,36)/t21-/m1/s1. The van der Waals surface area contributed by atoms with E-state index in [0.717, 1.165) is 12.1 Å². The van der Waals surface area contributed by atoms with Crippen molar-refractivity contribution in [3.8, 4) is 12.1 Å². The van der Waals surface area contributed by atoms with Crippen LogP contribution in [-0.4, -0.2) is 20.7 Å². The fourth-order valence-electron chi connectivity index (χ4n) is 3.86. The summed E-state index contributed by atoms with van der Waals surface area (Å²) in [7, 11) is 0. The van der Waals surface area contributed by atoms with Crippen molar-refractivity contribution in [3.05, 3.63) is 76.5 Å². The Morgan fingerprint density at radius 1 is 1.11 bits per heavy atom. The highest BCUT2D eigenvalue weighted by molar-refractivity contribution is 5.90. The number of allylic oxidation sites excluding steroid dienone is 2. The number of hydrogen-bond donors (Lipinski definition) is 1. The molecule has 36 heavy (non-hydrogen) atoms. The van der Waals surface area contributed by atoms with E-state index in [1.54, 1.807) is 45.0 Å². The Hall–Kier alpha value is -4.64. The second-order valence-corrected chi connectivity index (χ2v) is 8.45. The van der Waals surface area contributed by atoms with Crippen LogP contribution in [0.4, 0.5) is 30.8 Å². The van der Waals surface area contributed by atoms with Crippen molar-refractivity contribution in [3.63, 3.8) is 0 Å². The number of nitriles is 2. The van der Waals surface area contributed by atoms with Crippen LogP contribution in [0, 0.1) is 28.6 Å². The SMILES string of the molecule is CC1=C(C#N)[C@@H](c2ccc(C#N)cc2)n2nc(NC(=O)C(C)C)nc2N1c1cccc(C(F)(F)F)c1. The number of aromatic nitrogens is 3. The molecule has 0 radical (unpaired) electrons. The van der Waals surface area contributed by atoms with Gasteiger partial charge in [0.1, 0.15) is 6.04 Å². The molecule has 0 bridgehead atoms. The van der Waals surface area contributed by atoms with Crippen molar-refractivity contribution in [2.45, 2.75) is 33.0 Å². The second-order valence-electron chi connectivity index (χ2n) is 8.45. The Bertz CT molecular complexity index is 1440. The molecule has 1 aliphatic rings. The highest BCUT2D eigenvalue weighted by Gasteiger charge is 2.37. The largest absolute Gasteiger partial charge is 0.416 e. The minimum Gasteiger partial charge on any atom is -0.293 e. The van der Waals surface area contributed by atoms with Gasteiger partial charge in [0, 0.05) is 17.3 Å². The first-order chi connectivity index (χ1) is 17.0. The third-order valence-corrected chi connectivity index (χ3v) is 5.72. The number of nitrogens with zero attached hydrogens (tertiary/aromatic N) is 6. The summed E-state index contributed by atoms with van der Waals surface area (Å²) in [6.07, 6.45) is -4.57. The van der Waals surface area contributed by atoms with Crippen molar-refractivity contribution < 1.29 is 18.0 Å². The molecule has 1 aromatic heterocycles. The zero-order chi connectivity index (χ0) is 26.2. The number of halogens is 3. The van der Waals surface area contributed by atoms with Gasteiger partial charge in [0.15, 0.2) is 0 Å². The molecule has 0 aliphatic carbocycles. The fraction of sp³-hybridized carbons (Fsp3) is 0.240. The number of rotatable bonds is 4. The van der Waals surface area contributed by atoms with E-state index in [1.165, 1.54) is 21.7 Å². The molecule has 1 amide bonds. The Kier molecular flexibility index (Phi) is 6.25. The number of nitrogens with one attached hydrogen (secondary N) is 1. The van der Waals surface area contributed by atoms with Gasteiger partial charge in [0.25, 0.3) is 5.95 Å². The average Bonchev–Trinajstić information content (AvgIpc) is 3.25. The summed E-state index contributed by atoms with van der Waals surface area (Å²) < 4.78 is 41.8. The lowest BCUT2D eigenvalue weighted by Gasteiger charge is -2.34. The number of anilines is 3. The molecule has 2 aromatic carbocycles. The van der Waals surface area contributed by atoms with E-state index in [2.05, 4.69) is 21.5 Å². The van der Waals surface area contributed by atoms with Gasteiger partial charge in [0.2, 0.25) is 11.9 Å². The molecule has 4 rings (SSSR count). The summed E-state index contributed by atoms with van der Waals surface area (Å²) in [6, 6.07) is 14.6. The normalized spacial score (nSPS) is 15.4. The van der Waals surface area contributed by atoms with Gasteiger partial charge < -0.3 is 0 Å². The van der Waals surface area contributed by atoms with Gasteiger partial charge in [-0.1, -0.05) is 32.0 Å². The number of benzene rings is 2. The molecule has 1 aliphatic heterocycles. The van der Waals surface area contributed by atoms with E-state index >= 15 is 0 Å². The molecule has 11 heteroatoms. The second kappa shape index (κ2) is 9.19. The maximum Gasteiger partial charge on any atom is 0.416 e. The first-order valence-electron chi connectivity index (χ1n) is 10.9. The molecule has 3 aromatic rings. The van der Waals surface area contributed by atoms with Gasteiger partial charge >= 0.3 is 6.18 Å². The van der Waals surface area contributed by atoms with Crippen molar-refractivity contribution in [1.82, 2.24) is 14.8 Å². The molecule has 2 heterocycles. The Morgan fingerprint density at radius 2 is 1.81 bits per heavy atom. The van der Waals surface area contributed by atoms with Gasteiger partial charge in [-0.2, -0.15) is 28.7 Å². The Balaban J connectivity index is 1.93. The highest BCUT2D eigenvalue weighted by Crippen LogP contribution is 2.43. The van der Waals surface area contributed by atoms with E-state index in [1.807, 2.05) is 6.07 Å². The van der Waals surface area contributed by atoms with Crippen LogP contribution >= 0.6 is 0 Å². The summed E-state index contributed by atoms with van der Waals surface area (Å²) in [5.41, 5.74) is 0.872. The molecule has 0 unspecified atom stereocenters. The van der Waals surface area contributed by atoms with Crippen molar-refractivity contribution in [2.75, 3.05) is 10.2 Å². The summed E-state index contributed by atoms with van der Waals surface area (Å²) in [4.78, 5) is 18.1. The van der Waals surface area contributed by atoms with Crippen LogP contribution in [0.1, 0.15) is 43.5 Å². The van der Waals surface area contributed by atoms with Crippen LogP contribution in [0.3, 0.4) is 0 Å². The molecule has 1 N–H and O–H groups in total. The Morgan fingerprint density at radius 3 is 2.39 bits per heavy atom. The monoisotopic (exact) mass is 491 g/mol. The maximum atomic E-state index is 13.5. The minimum absolute atomic E-state index is 0.0497. The first kappa shape index (κ1) is 24.5. The van der Waals surface area contributed by atoms with Crippen LogP contribution in [0.25, 0.3) is 0 Å². The molecular weight excluding hydrogens is 471 g/mol. The number of amides is 1. The van der Waals surface area contributed by atoms with Crippen LogP contribution in [-0.2, 0) is 11.0 Å². The molecular formula is C25H20F3N7O. The van der Waals surface area contributed by atoms with Crippen LogP contribution < -0.4 is 10.2 Å². The molecule has 1 atom stereocenters. The molecule has 0 spiro atoms. The molecule has 8 nitrogen and oxygen atoms in total. The van der Waals surface area contributed by atoms with Gasteiger partial charge in [-0.3, -0.25) is 15.0 Å². The number of hydrogen-bond acceptors (Lipinski definition) is 6. The van der Waals surface area contributed by atoms with Gasteiger partial charge in [-0.05, 0) is 42.8 Å². The summed E-state index contributed by atoms with van der Waals surface area (Å²) >= 11 is 0. The van der Waals surface area contributed by atoms with E-state index in [-0.39, 0.29) is 35.0 Å². The zero-order valence-electron chi connectivity index (χ0n) is 19.5. The van der Waals surface area contributed by atoms with E-state index in [4.69, 9.17) is 5.26 Å². The van der Waals surface area contributed by atoms with E-state index in [9.17, 15) is 23.2 Å². The lowest BCUT2D eigenvalue weighted by Crippen LogP contribution is -2.31. The third kappa shape index (κ3) is 4.39. The summed E-state index contributed by atoms with van der Waals surface area (Å²) in [5, 5.41) is 26.3. The minimum atomic E-state index is -4.57. The van der Waals surface area contributed by atoms with Crippen molar-refractivity contribution in [2.24, 2.45) is 5.92 Å². The summed E-state index contributed by atoms with van der Waals surface area (Å²) in [6.45, 7) is 5.00. The topological polar surface area (TPSA) is 111 Å². The molecule has 0 saturated carbocycles. The van der Waals surface area contributed by atoms with Gasteiger partial charge in [-0.15, -0.1) is 5.10 Å². The van der Waals surface area contributed by atoms with Gasteiger partial charge in [0.05, 0.1) is 28.8 Å². The Labute approximate surface area is 204 Å². The summed E-state index contributed by atoms with van der Waals surface area (Å²) in [5.74, 6) is -0.636. The van der Waals surface area contributed by atoms with Crippen molar-refractivity contribution >= 4 is 23.5 Å². The number of alkyl halides is 3. The smallest absolute Gasteiger partial charge is 0.293 e. The van der Waals surface area contributed by atoms with E-state index < -0.39 is 17.8 Å². The predicted octanol–water partition coefficient (Wildman–Crippen LogP) is 5.30. The predicted molar refractivity (Wildman–Crippen MR) is 125 cm³/mol. The first-order valence-corrected chi connectivity index (χ1v) is 10.9. The van der Waals surface area contributed by atoms with Crippen LogP contribution in [0.15, 0.2) is 59.8 Å². The third-order valence-electron chi connectivity index (χ3n) is 5.72. The van der Waals surface area contributed by atoms with Crippen LogP contribution in [0.5, 0.6) is 0 Å². The molecule has 0 fully saturated rings. The fourth-order valence-corrected chi connectivity index (χ4v) is 3.86. The average molecular weight is 491 g/mol. The lowest BCUT2D eigenvalue weighted by atomic mass is 9.95. The van der Waals surface area contributed by atoms with Crippen LogP contribution in [0.2, 0.25) is 0 Å². The van der Waals surface area contributed by atoms with Gasteiger partial charge in [-0.25, -0.2) is 4.68 Å². The molecule has 0 saturated heterocycles. The number of carbonyl (C=O) groups excluding carboxylic acids is 1. The highest BCUT2D eigenvalue weighted by atomic mass is 19.4. The zero-order valence-corrected chi connectivity index (χ0v) is 19.5.